The van der Waals surface area contributed by atoms with Crippen LogP contribution in [0, 0.1) is 16.7 Å². The van der Waals surface area contributed by atoms with Crippen molar-refractivity contribution in [3.63, 3.8) is 0 Å². The number of rotatable bonds is 3. The van der Waals surface area contributed by atoms with Gasteiger partial charge in [0.1, 0.15) is 0 Å². The van der Waals surface area contributed by atoms with Crippen LogP contribution in [0.1, 0.15) is 46.0 Å². The predicted molar refractivity (Wildman–Crippen MR) is 62.0 cm³/mol. The summed E-state index contributed by atoms with van der Waals surface area (Å²) in [4.78, 5) is 10.7. The molecule has 2 aliphatic rings. The summed E-state index contributed by atoms with van der Waals surface area (Å²) in [7, 11) is 0. The monoisotopic (exact) mass is 224 g/mol. The van der Waals surface area contributed by atoms with Crippen molar-refractivity contribution in [3.05, 3.63) is 0 Å². The normalized spacial score (nSPS) is 44.1. The SMILES string of the molecule is C[C@]12CC[C@H](C/C1=N/N)[C@@]2(C)CCC(=O)O. The Kier molecular flexibility index (Phi) is 2.48. The third-order valence-corrected chi connectivity index (χ3v) is 5.25. The number of carboxylic acids is 1. The van der Waals surface area contributed by atoms with Gasteiger partial charge in [-0.2, -0.15) is 5.10 Å². The predicted octanol–water partition coefficient (Wildman–Crippen LogP) is 1.99. The van der Waals surface area contributed by atoms with Crippen molar-refractivity contribution >= 4 is 11.7 Å². The van der Waals surface area contributed by atoms with Gasteiger partial charge in [-0.05, 0) is 37.0 Å². The van der Waals surface area contributed by atoms with Crippen molar-refractivity contribution in [2.75, 3.05) is 0 Å². The molecule has 90 valence electrons. The highest BCUT2D eigenvalue weighted by atomic mass is 16.4. The van der Waals surface area contributed by atoms with E-state index < -0.39 is 5.97 Å². The first kappa shape index (κ1) is 11.4. The molecule has 0 aliphatic heterocycles. The lowest BCUT2D eigenvalue weighted by molar-refractivity contribution is -0.138. The summed E-state index contributed by atoms with van der Waals surface area (Å²) in [5, 5.41) is 12.8. The van der Waals surface area contributed by atoms with E-state index in [0.29, 0.717) is 5.92 Å². The van der Waals surface area contributed by atoms with Gasteiger partial charge in [-0.1, -0.05) is 13.8 Å². The highest BCUT2D eigenvalue weighted by Gasteiger charge is 2.62. The summed E-state index contributed by atoms with van der Waals surface area (Å²) in [5.74, 6) is 5.32. The van der Waals surface area contributed by atoms with E-state index in [1.54, 1.807) is 0 Å². The molecular weight excluding hydrogens is 204 g/mol. The van der Waals surface area contributed by atoms with E-state index in [1.807, 2.05) is 0 Å². The largest absolute Gasteiger partial charge is 0.481 e. The van der Waals surface area contributed by atoms with Gasteiger partial charge in [0, 0.05) is 17.5 Å². The van der Waals surface area contributed by atoms with Crippen LogP contribution in [-0.2, 0) is 4.79 Å². The fraction of sp³-hybridized carbons (Fsp3) is 0.833. The molecule has 3 atom stereocenters. The molecule has 3 N–H and O–H groups in total. The van der Waals surface area contributed by atoms with Crippen LogP contribution in [0.15, 0.2) is 5.10 Å². The fourth-order valence-electron chi connectivity index (χ4n) is 3.82. The summed E-state index contributed by atoms with van der Waals surface area (Å²) >= 11 is 0. The van der Waals surface area contributed by atoms with E-state index in [9.17, 15) is 4.79 Å². The van der Waals surface area contributed by atoms with E-state index in [4.69, 9.17) is 10.9 Å². The number of hydrogen-bond acceptors (Lipinski definition) is 3. The number of hydrazone groups is 1. The minimum absolute atomic E-state index is 0.0296. The van der Waals surface area contributed by atoms with Gasteiger partial charge in [0.2, 0.25) is 0 Å². The van der Waals surface area contributed by atoms with Gasteiger partial charge < -0.3 is 10.9 Å². The van der Waals surface area contributed by atoms with Crippen molar-refractivity contribution in [3.8, 4) is 0 Å². The minimum atomic E-state index is -0.706. The lowest BCUT2D eigenvalue weighted by atomic mass is 9.66. The molecule has 2 rings (SSSR count). The summed E-state index contributed by atoms with van der Waals surface area (Å²) in [6.07, 6.45) is 4.24. The number of aliphatic carboxylic acids is 1. The Balaban J connectivity index is 2.25. The fourth-order valence-corrected chi connectivity index (χ4v) is 3.82. The average Bonchev–Trinajstić information content (AvgIpc) is 2.60. The van der Waals surface area contributed by atoms with E-state index in [1.165, 1.54) is 6.42 Å². The van der Waals surface area contributed by atoms with Crippen molar-refractivity contribution in [1.82, 2.24) is 0 Å². The van der Waals surface area contributed by atoms with Crippen LogP contribution in [0.5, 0.6) is 0 Å². The second-order valence-electron chi connectivity index (χ2n) is 5.66. The van der Waals surface area contributed by atoms with Crippen LogP contribution in [-0.4, -0.2) is 16.8 Å². The van der Waals surface area contributed by atoms with Gasteiger partial charge in [0.25, 0.3) is 0 Å². The lowest BCUT2D eigenvalue weighted by Gasteiger charge is -2.37. The van der Waals surface area contributed by atoms with Crippen molar-refractivity contribution < 1.29 is 9.90 Å². The number of carboxylic acid groups (broad SMARTS) is 1. The topological polar surface area (TPSA) is 75.7 Å². The molecule has 0 aromatic rings. The van der Waals surface area contributed by atoms with Gasteiger partial charge in [-0.15, -0.1) is 0 Å². The molecule has 0 amide bonds. The summed E-state index contributed by atoms with van der Waals surface area (Å²) in [6, 6.07) is 0. The number of nitrogens with two attached hydrogens (primary N) is 1. The number of fused-ring (bicyclic) bond motifs is 2. The quantitative estimate of drug-likeness (QED) is 0.568. The minimum Gasteiger partial charge on any atom is -0.481 e. The second-order valence-corrected chi connectivity index (χ2v) is 5.66. The molecule has 0 spiro atoms. The molecule has 2 bridgehead atoms. The number of nitrogens with zero attached hydrogens (tertiary/aromatic N) is 1. The molecule has 2 fully saturated rings. The first-order chi connectivity index (χ1) is 7.44. The Bertz CT molecular complexity index is 353. The molecule has 0 saturated heterocycles. The number of hydrogen-bond donors (Lipinski definition) is 2. The standard InChI is InChI=1S/C12H20N2O2/c1-11(6-4-10(15)16)8-3-5-12(11,2)9(7-8)14-13/h8H,3-7,13H2,1-2H3,(H,15,16)/b14-9-/t8-,11-,12+/m1/s1. The maximum atomic E-state index is 10.7. The van der Waals surface area contributed by atoms with Gasteiger partial charge in [0.05, 0.1) is 0 Å². The van der Waals surface area contributed by atoms with E-state index >= 15 is 0 Å². The average molecular weight is 224 g/mol. The third-order valence-electron chi connectivity index (χ3n) is 5.25. The zero-order valence-electron chi connectivity index (χ0n) is 9.99. The van der Waals surface area contributed by atoms with Gasteiger partial charge in [-0.3, -0.25) is 4.79 Å². The molecule has 0 radical (unpaired) electrons. The third kappa shape index (κ3) is 1.28. The Morgan fingerprint density at radius 2 is 2.31 bits per heavy atom. The highest BCUT2D eigenvalue weighted by molar-refractivity contribution is 5.94. The summed E-state index contributed by atoms with van der Waals surface area (Å²) in [5.41, 5.74) is 1.20. The lowest BCUT2D eigenvalue weighted by Crippen LogP contribution is -2.35. The van der Waals surface area contributed by atoms with Crippen LogP contribution in [0.25, 0.3) is 0 Å². The Morgan fingerprint density at radius 1 is 1.62 bits per heavy atom. The van der Waals surface area contributed by atoms with Crippen molar-refractivity contribution in [2.24, 2.45) is 27.7 Å². The summed E-state index contributed by atoms with van der Waals surface area (Å²) < 4.78 is 0. The molecule has 0 aromatic carbocycles. The Hall–Kier alpha value is -1.06. The molecule has 0 unspecified atom stereocenters. The van der Waals surface area contributed by atoms with Crippen LogP contribution < -0.4 is 5.84 Å². The van der Waals surface area contributed by atoms with Crippen LogP contribution >= 0.6 is 0 Å². The van der Waals surface area contributed by atoms with Crippen LogP contribution in [0.2, 0.25) is 0 Å². The molecule has 4 heteroatoms. The maximum absolute atomic E-state index is 10.7. The van der Waals surface area contributed by atoms with Crippen LogP contribution in [0.3, 0.4) is 0 Å². The zero-order chi connectivity index (χ0) is 12.0. The van der Waals surface area contributed by atoms with Gasteiger partial charge >= 0.3 is 5.97 Å². The molecule has 2 saturated carbocycles. The van der Waals surface area contributed by atoms with E-state index in [-0.39, 0.29) is 17.3 Å². The first-order valence-corrected chi connectivity index (χ1v) is 5.93. The maximum Gasteiger partial charge on any atom is 0.303 e. The number of carbonyl (C=O) groups is 1. The van der Waals surface area contributed by atoms with Gasteiger partial charge in [-0.25, -0.2) is 0 Å². The van der Waals surface area contributed by atoms with E-state index in [0.717, 1.165) is 25.0 Å². The highest BCUT2D eigenvalue weighted by Crippen LogP contribution is 2.65. The molecule has 16 heavy (non-hydrogen) atoms. The van der Waals surface area contributed by atoms with Crippen molar-refractivity contribution in [2.45, 2.75) is 46.0 Å². The summed E-state index contributed by atoms with van der Waals surface area (Å²) in [6.45, 7) is 4.42. The molecule has 0 heterocycles. The smallest absolute Gasteiger partial charge is 0.303 e. The first-order valence-electron chi connectivity index (χ1n) is 5.93. The Labute approximate surface area is 95.9 Å². The van der Waals surface area contributed by atoms with E-state index in [2.05, 4.69) is 18.9 Å². The van der Waals surface area contributed by atoms with Crippen LogP contribution in [0.4, 0.5) is 0 Å². The van der Waals surface area contributed by atoms with Crippen molar-refractivity contribution in [1.29, 1.82) is 0 Å². The van der Waals surface area contributed by atoms with Gasteiger partial charge in [0.15, 0.2) is 0 Å². The molecular formula is C12H20N2O2. The Morgan fingerprint density at radius 3 is 2.81 bits per heavy atom. The zero-order valence-corrected chi connectivity index (χ0v) is 9.99. The second kappa shape index (κ2) is 3.47. The molecule has 4 nitrogen and oxygen atoms in total. The molecule has 0 aromatic heterocycles. The molecule has 2 aliphatic carbocycles.